The maximum Gasteiger partial charge on any atom is 0.229 e. The highest BCUT2D eigenvalue weighted by Crippen LogP contribution is 2.31. The number of ether oxygens (including phenoxy) is 2. The molecular formula is C21H21N3O3. The van der Waals surface area contributed by atoms with Gasteiger partial charge >= 0.3 is 0 Å². The maximum absolute atomic E-state index is 12.1. The molecule has 27 heavy (non-hydrogen) atoms. The van der Waals surface area contributed by atoms with E-state index >= 15 is 0 Å². The Morgan fingerprint density at radius 2 is 1.81 bits per heavy atom. The molecule has 6 nitrogen and oxygen atoms in total. The molecule has 2 N–H and O–H groups in total. The smallest absolute Gasteiger partial charge is 0.229 e. The van der Waals surface area contributed by atoms with Gasteiger partial charge in [0.05, 0.1) is 38.2 Å². The number of anilines is 3. The van der Waals surface area contributed by atoms with Gasteiger partial charge in [-0.3, -0.25) is 4.79 Å². The Labute approximate surface area is 158 Å². The second-order valence-electron chi connectivity index (χ2n) is 5.83. The van der Waals surface area contributed by atoms with Crippen molar-refractivity contribution in [3.8, 4) is 11.5 Å². The number of nitrogens with zero attached hydrogens (tertiary/aromatic N) is 1. The molecule has 138 valence electrons. The summed E-state index contributed by atoms with van der Waals surface area (Å²) < 4.78 is 10.6. The first kappa shape index (κ1) is 18.3. The predicted octanol–water partition coefficient (Wildman–Crippen LogP) is 4.02. The van der Waals surface area contributed by atoms with Crippen LogP contribution in [0.25, 0.3) is 0 Å². The van der Waals surface area contributed by atoms with E-state index in [-0.39, 0.29) is 5.91 Å². The Morgan fingerprint density at radius 3 is 2.48 bits per heavy atom. The summed E-state index contributed by atoms with van der Waals surface area (Å²) in [4.78, 5) is 16.4. The summed E-state index contributed by atoms with van der Waals surface area (Å²) in [6.45, 7) is 0. The number of aromatic nitrogens is 1. The largest absolute Gasteiger partial charge is 0.497 e. The molecule has 0 saturated carbocycles. The lowest BCUT2D eigenvalue weighted by atomic mass is 10.1. The van der Waals surface area contributed by atoms with Crippen LogP contribution in [-0.4, -0.2) is 25.1 Å². The van der Waals surface area contributed by atoms with E-state index in [0.717, 1.165) is 22.7 Å². The van der Waals surface area contributed by atoms with Crippen LogP contribution < -0.4 is 20.1 Å². The van der Waals surface area contributed by atoms with Crippen molar-refractivity contribution in [1.82, 2.24) is 4.98 Å². The fraction of sp³-hybridized carbons (Fsp3) is 0.143. The summed E-state index contributed by atoms with van der Waals surface area (Å²) in [5, 5.41) is 6.04. The molecule has 0 atom stereocenters. The zero-order valence-corrected chi connectivity index (χ0v) is 15.2. The van der Waals surface area contributed by atoms with Gasteiger partial charge in [-0.2, -0.15) is 0 Å². The molecule has 0 aliphatic carbocycles. The van der Waals surface area contributed by atoms with E-state index in [0.29, 0.717) is 18.0 Å². The highest BCUT2D eigenvalue weighted by molar-refractivity contribution is 5.91. The Morgan fingerprint density at radius 1 is 1.00 bits per heavy atom. The number of carbonyl (C=O) groups is 1. The second kappa shape index (κ2) is 8.71. The molecule has 0 aliphatic rings. The third-order valence-electron chi connectivity index (χ3n) is 3.92. The van der Waals surface area contributed by atoms with Crippen LogP contribution in [0.5, 0.6) is 11.5 Å². The normalized spacial score (nSPS) is 10.1. The molecule has 1 aromatic heterocycles. The molecule has 0 unspecified atom stereocenters. The number of methoxy groups -OCH3 is 2. The molecule has 0 saturated heterocycles. The fourth-order valence-corrected chi connectivity index (χ4v) is 2.58. The van der Waals surface area contributed by atoms with Gasteiger partial charge in [-0.1, -0.05) is 30.3 Å². The van der Waals surface area contributed by atoms with Gasteiger partial charge in [-0.25, -0.2) is 4.98 Å². The molecule has 3 rings (SSSR count). The Hall–Kier alpha value is -3.54. The number of amides is 1. The van der Waals surface area contributed by atoms with Gasteiger partial charge in [0.15, 0.2) is 0 Å². The lowest BCUT2D eigenvalue weighted by Crippen LogP contribution is -2.15. The molecule has 6 heteroatoms. The van der Waals surface area contributed by atoms with Gasteiger partial charge in [0.25, 0.3) is 0 Å². The van der Waals surface area contributed by atoms with Crippen molar-refractivity contribution in [1.29, 1.82) is 0 Å². The van der Waals surface area contributed by atoms with Crippen molar-refractivity contribution in [2.45, 2.75) is 6.42 Å². The zero-order chi connectivity index (χ0) is 19.1. The summed E-state index contributed by atoms with van der Waals surface area (Å²) in [5.74, 6) is 1.80. The van der Waals surface area contributed by atoms with Crippen LogP contribution in [-0.2, 0) is 11.2 Å². The number of benzene rings is 2. The van der Waals surface area contributed by atoms with Gasteiger partial charge in [0, 0.05) is 6.07 Å². The lowest BCUT2D eigenvalue weighted by Gasteiger charge is -2.13. The number of carbonyl (C=O) groups excluding carboxylic acids is 1. The molecule has 0 radical (unpaired) electrons. The first-order valence-corrected chi connectivity index (χ1v) is 8.47. The summed E-state index contributed by atoms with van der Waals surface area (Å²) in [5.41, 5.74) is 2.49. The van der Waals surface area contributed by atoms with Crippen molar-refractivity contribution in [2.24, 2.45) is 0 Å². The highest BCUT2D eigenvalue weighted by atomic mass is 16.5. The minimum Gasteiger partial charge on any atom is -0.497 e. The first-order valence-electron chi connectivity index (χ1n) is 8.47. The molecule has 0 aliphatic heterocycles. The standard InChI is InChI=1S/C21H21N3O3/c1-26-17-9-10-19(27-2)18(13-17)23-16-8-11-20(22-14-16)24-21(25)12-15-6-4-3-5-7-15/h3-11,13-14,23H,12H2,1-2H3,(H,22,24,25). The molecule has 0 bridgehead atoms. The third-order valence-corrected chi connectivity index (χ3v) is 3.92. The fourth-order valence-electron chi connectivity index (χ4n) is 2.58. The van der Waals surface area contributed by atoms with Gasteiger partial charge in [0.2, 0.25) is 5.91 Å². The van der Waals surface area contributed by atoms with Crippen LogP contribution in [0, 0.1) is 0 Å². The average molecular weight is 363 g/mol. The molecular weight excluding hydrogens is 342 g/mol. The van der Waals surface area contributed by atoms with E-state index in [4.69, 9.17) is 9.47 Å². The van der Waals surface area contributed by atoms with Crippen molar-refractivity contribution >= 4 is 23.1 Å². The van der Waals surface area contributed by atoms with Crippen LogP contribution in [0.3, 0.4) is 0 Å². The summed E-state index contributed by atoms with van der Waals surface area (Å²) in [6, 6.07) is 18.7. The summed E-state index contributed by atoms with van der Waals surface area (Å²) in [7, 11) is 3.22. The summed E-state index contributed by atoms with van der Waals surface area (Å²) >= 11 is 0. The molecule has 3 aromatic rings. The van der Waals surface area contributed by atoms with Crippen molar-refractivity contribution in [3.05, 3.63) is 72.4 Å². The van der Waals surface area contributed by atoms with E-state index in [2.05, 4.69) is 15.6 Å². The van der Waals surface area contributed by atoms with Crippen molar-refractivity contribution in [3.63, 3.8) is 0 Å². The van der Waals surface area contributed by atoms with Gasteiger partial charge < -0.3 is 20.1 Å². The summed E-state index contributed by atoms with van der Waals surface area (Å²) in [6.07, 6.45) is 1.96. The average Bonchev–Trinajstić information content (AvgIpc) is 2.70. The van der Waals surface area contributed by atoms with Crippen molar-refractivity contribution in [2.75, 3.05) is 24.9 Å². The minimum absolute atomic E-state index is 0.108. The molecule has 0 fully saturated rings. The Balaban J connectivity index is 1.64. The monoisotopic (exact) mass is 363 g/mol. The van der Waals surface area contributed by atoms with Crippen LogP contribution in [0.2, 0.25) is 0 Å². The minimum atomic E-state index is -0.108. The Kier molecular flexibility index (Phi) is 5.89. The predicted molar refractivity (Wildman–Crippen MR) is 106 cm³/mol. The first-order chi connectivity index (χ1) is 13.2. The quantitative estimate of drug-likeness (QED) is 0.663. The van der Waals surface area contributed by atoms with E-state index < -0.39 is 0 Å². The number of nitrogens with one attached hydrogen (secondary N) is 2. The van der Waals surface area contributed by atoms with Crippen molar-refractivity contribution < 1.29 is 14.3 Å². The number of rotatable bonds is 7. The molecule has 1 heterocycles. The van der Waals surface area contributed by atoms with Crippen LogP contribution in [0.1, 0.15) is 5.56 Å². The van der Waals surface area contributed by atoms with Crippen LogP contribution >= 0.6 is 0 Å². The number of hydrogen-bond donors (Lipinski definition) is 2. The van der Waals surface area contributed by atoms with Gasteiger partial charge in [0.1, 0.15) is 17.3 Å². The van der Waals surface area contributed by atoms with Gasteiger partial charge in [-0.15, -0.1) is 0 Å². The van der Waals surface area contributed by atoms with E-state index in [1.54, 1.807) is 26.5 Å². The SMILES string of the molecule is COc1ccc(OC)c(Nc2ccc(NC(=O)Cc3ccccc3)nc2)c1. The second-order valence-corrected chi connectivity index (χ2v) is 5.83. The lowest BCUT2D eigenvalue weighted by molar-refractivity contribution is -0.115. The van der Waals surface area contributed by atoms with E-state index in [1.165, 1.54) is 0 Å². The Bertz CT molecular complexity index is 896. The van der Waals surface area contributed by atoms with Crippen LogP contribution in [0.15, 0.2) is 66.9 Å². The molecule has 1 amide bonds. The highest BCUT2D eigenvalue weighted by Gasteiger charge is 2.07. The topological polar surface area (TPSA) is 72.5 Å². The molecule has 2 aromatic carbocycles. The van der Waals surface area contributed by atoms with E-state index in [1.807, 2.05) is 54.6 Å². The number of pyridine rings is 1. The van der Waals surface area contributed by atoms with Gasteiger partial charge in [-0.05, 0) is 29.8 Å². The third kappa shape index (κ3) is 4.98. The number of hydrogen-bond acceptors (Lipinski definition) is 5. The van der Waals surface area contributed by atoms with Crippen LogP contribution in [0.4, 0.5) is 17.2 Å². The molecule has 0 spiro atoms. The maximum atomic E-state index is 12.1. The van der Waals surface area contributed by atoms with E-state index in [9.17, 15) is 4.79 Å². The zero-order valence-electron chi connectivity index (χ0n) is 15.2.